The molecular formula is C19H18ClF3N2O3S. The molecule has 1 aliphatic heterocycles. The Morgan fingerprint density at radius 2 is 1.79 bits per heavy atom. The molecule has 0 saturated carbocycles. The normalized spacial score (nSPS) is 20.8. The monoisotopic (exact) mass is 446 g/mol. The summed E-state index contributed by atoms with van der Waals surface area (Å²) in [5, 5.41) is 4.42. The molecule has 156 valence electrons. The van der Waals surface area contributed by atoms with Crippen LogP contribution in [-0.4, -0.2) is 26.7 Å². The first-order valence-corrected chi connectivity index (χ1v) is 11.0. The summed E-state index contributed by atoms with van der Waals surface area (Å²) < 4.78 is 64.1. The summed E-state index contributed by atoms with van der Waals surface area (Å²) in [4.78, 5) is 11.9. The molecule has 1 heterocycles. The Balaban J connectivity index is 1.96. The number of urea groups is 1. The van der Waals surface area contributed by atoms with Gasteiger partial charge in [0.1, 0.15) is 0 Å². The lowest BCUT2D eigenvalue weighted by atomic mass is 9.94. The van der Waals surface area contributed by atoms with Crippen molar-refractivity contribution in [3.05, 3.63) is 70.2 Å². The molecule has 0 aromatic heterocycles. The molecule has 29 heavy (non-hydrogen) atoms. The summed E-state index contributed by atoms with van der Waals surface area (Å²) >= 11 is 6.17. The predicted octanol–water partition coefficient (Wildman–Crippen LogP) is 4.26. The van der Waals surface area contributed by atoms with Crippen molar-refractivity contribution in [2.24, 2.45) is 0 Å². The van der Waals surface area contributed by atoms with E-state index in [-0.39, 0.29) is 17.0 Å². The van der Waals surface area contributed by atoms with E-state index in [1.165, 1.54) is 12.1 Å². The third kappa shape index (κ3) is 4.84. The smallest absolute Gasteiger partial charge is 0.333 e. The molecule has 0 bridgehead atoms. The van der Waals surface area contributed by atoms with Crippen LogP contribution in [0.5, 0.6) is 0 Å². The minimum absolute atomic E-state index is 0.0534. The number of carbonyl (C=O) groups excluding carboxylic acids is 1. The fraction of sp³-hybridized carbons (Fsp3) is 0.316. The number of hydrogen-bond donors (Lipinski definition) is 2. The highest BCUT2D eigenvalue weighted by molar-refractivity contribution is 7.90. The second kappa shape index (κ2) is 7.87. The zero-order chi connectivity index (χ0) is 21.4. The van der Waals surface area contributed by atoms with Gasteiger partial charge >= 0.3 is 12.2 Å². The van der Waals surface area contributed by atoms with E-state index >= 15 is 0 Å². The lowest BCUT2D eigenvalue weighted by molar-refractivity contribution is -0.137. The highest BCUT2D eigenvalue weighted by atomic mass is 35.5. The molecule has 3 rings (SSSR count). The molecule has 0 radical (unpaired) electrons. The molecule has 1 saturated heterocycles. The number of carbonyl (C=O) groups is 1. The van der Waals surface area contributed by atoms with E-state index in [2.05, 4.69) is 10.6 Å². The van der Waals surface area contributed by atoms with Gasteiger partial charge in [0.15, 0.2) is 9.84 Å². The molecule has 5 nitrogen and oxygen atoms in total. The lowest BCUT2D eigenvalue weighted by Gasteiger charge is -2.25. The standard InChI is InChI=1S/C19H18ClF3N2O3S/c1-29(27,28)16(13-7-2-3-8-14(13)20)10-15-17(25-18(26)24-15)11-5-4-6-12(9-11)19(21,22)23/h2-9,15-17H,10H2,1H3,(H2,24,25,26). The van der Waals surface area contributed by atoms with E-state index in [0.29, 0.717) is 5.56 Å². The average Bonchev–Trinajstić information content (AvgIpc) is 2.99. The van der Waals surface area contributed by atoms with Crippen LogP contribution in [0.15, 0.2) is 48.5 Å². The third-order valence-corrected chi connectivity index (χ3v) is 6.64. The minimum atomic E-state index is -4.53. The summed E-state index contributed by atoms with van der Waals surface area (Å²) in [5.74, 6) is 0. The van der Waals surface area contributed by atoms with E-state index < -0.39 is 44.9 Å². The van der Waals surface area contributed by atoms with Crippen molar-refractivity contribution >= 4 is 27.5 Å². The van der Waals surface area contributed by atoms with Crippen LogP contribution in [0.25, 0.3) is 0 Å². The molecule has 0 spiro atoms. The van der Waals surface area contributed by atoms with Crippen LogP contribution < -0.4 is 10.6 Å². The number of halogens is 4. The van der Waals surface area contributed by atoms with Crippen molar-refractivity contribution in [1.29, 1.82) is 0 Å². The Morgan fingerprint density at radius 1 is 1.10 bits per heavy atom. The van der Waals surface area contributed by atoms with Crippen molar-refractivity contribution in [2.75, 3.05) is 6.26 Å². The molecule has 2 aromatic rings. The third-order valence-electron chi connectivity index (χ3n) is 4.82. The Kier molecular flexibility index (Phi) is 5.82. The number of rotatable bonds is 5. The van der Waals surface area contributed by atoms with Crippen molar-refractivity contribution in [3.8, 4) is 0 Å². The SMILES string of the molecule is CS(=O)(=O)C(CC1NC(=O)NC1c1cccc(C(F)(F)F)c1)c1ccccc1Cl. The summed E-state index contributed by atoms with van der Waals surface area (Å²) in [6.45, 7) is 0. The van der Waals surface area contributed by atoms with Crippen molar-refractivity contribution in [2.45, 2.75) is 29.9 Å². The Hall–Kier alpha value is -2.26. The van der Waals surface area contributed by atoms with Gasteiger partial charge in [0.05, 0.1) is 22.9 Å². The van der Waals surface area contributed by atoms with E-state index in [9.17, 15) is 26.4 Å². The number of nitrogens with one attached hydrogen (secondary N) is 2. The second-order valence-corrected chi connectivity index (χ2v) is 9.54. The Bertz CT molecular complexity index is 1030. The van der Waals surface area contributed by atoms with Crippen LogP contribution in [-0.2, 0) is 16.0 Å². The van der Waals surface area contributed by atoms with Crippen molar-refractivity contribution in [3.63, 3.8) is 0 Å². The molecule has 3 atom stereocenters. The van der Waals surface area contributed by atoms with Crippen LogP contribution in [0.2, 0.25) is 5.02 Å². The number of sulfone groups is 1. The van der Waals surface area contributed by atoms with E-state index in [1.807, 2.05) is 0 Å². The van der Waals surface area contributed by atoms with Crippen molar-refractivity contribution < 1.29 is 26.4 Å². The van der Waals surface area contributed by atoms with Gasteiger partial charge in [-0.2, -0.15) is 13.2 Å². The molecule has 10 heteroatoms. The van der Waals surface area contributed by atoms with Gasteiger partial charge in [-0.25, -0.2) is 13.2 Å². The van der Waals surface area contributed by atoms with Gasteiger partial charge in [-0.3, -0.25) is 0 Å². The maximum absolute atomic E-state index is 13.1. The summed E-state index contributed by atoms with van der Waals surface area (Å²) in [6.07, 6.45) is -3.53. The topological polar surface area (TPSA) is 75.3 Å². The van der Waals surface area contributed by atoms with E-state index in [4.69, 9.17) is 11.6 Å². The van der Waals surface area contributed by atoms with Gasteiger partial charge in [-0.1, -0.05) is 41.9 Å². The van der Waals surface area contributed by atoms with Crippen LogP contribution in [0.3, 0.4) is 0 Å². The van der Waals surface area contributed by atoms with Crippen LogP contribution >= 0.6 is 11.6 Å². The quantitative estimate of drug-likeness (QED) is 0.720. The molecule has 2 N–H and O–H groups in total. The minimum Gasteiger partial charge on any atom is -0.333 e. The molecule has 0 aliphatic carbocycles. The number of alkyl halides is 3. The number of amides is 2. The molecular weight excluding hydrogens is 429 g/mol. The van der Waals surface area contributed by atoms with E-state index in [1.54, 1.807) is 24.3 Å². The summed E-state index contributed by atoms with van der Waals surface area (Å²) in [6, 6.07) is 8.91. The first kappa shape index (κ1) is 21.4. The van der Waals surface area contributed by atoms with Crippen molar-refractivity contribution in [1.82, 2.24) is 10.6 Å². The average molecular weight is 447 g/mol. The number of hydrogen-bond acceptors (Lipinski definition) is 3. The molecule has 2 aromatic carbocycles. The lowest BCUT2D eigenvalue weighted by Crippen LogP contribution is -2.31. The van der Waals surface area contributed by atoms with Gasteiger partial charge in [-0.15, -0.1) is 0 Å². The zero-order valence-corrected chi connectivity index (χ0v) is 16.8. The van der Waals surface area contributed by atoms with E-state index in [0.717, 1.165) is 18.4 Å². The van der Waals surface area contributed by atoms with Crippen LogP contribution in [0.4, 0.5) is 18.0 Å². The first-order chi connectivity index (χ1) is 13.5. The van der Waals surface area contributed by atoms with Gasteiger partial charge < -0.3 is 10.6 Å². The Morgan fingerprint density at radius 3 is 2.41 bits per heavy atom. The molecule has 1 aliphatic rings. The maximum atomic E-state index is 13.1. The maximum Gasteiger partial charge on any atom is 0.416 e. The highest BCUT2D eigenvalue weighted by Gasteiger charge is 2.39. The predicted molar refractivity (Wildman–Crippen MR) is 103 cm³/mol. The largest absolute Gasteiger partial charge is 0.416 e. The van der Waals surface area contributed by atoms with Gasteiger partial charge in [0, 0.05) is 11.3 Å². The Labute approximate surface area is 171 Å². The molecule has 3 unspecified atom stereocenters. The zero-order valence-electron chi connectivity index (χ0n) is 15.2. The summed E-state index contributed by atoms with van der Waals surface area (Å²) in [7, 11) is -3.63. The molecule has 1 fully saturated rings. The fourth-order valence-corrected chi connectivity index (χ4v) is 5.01. The highest BCUT2D eigenvalue weighted by Crippen LogP contribution is 2.37. The van der Waals surface area contributed by atoms with Gasteiger partial charge in [0.2, 0.25) is 0 Å². The fourth-order valence-electron chi connectivity index (χ4n) is 3.45. The first-order valence-electron chi connectivity index (χ1n) is 8.64. The second-order valence-electron chi connectivity index (χ2n) is 6.90. The summed E-state index contributed by atoms with van der Waals surface area (Å²) in [5.41, 5.74) is -0.240. The van der Waals surface area contributed by atoms with Gasteiger partial charge in [0.25, 0.3) is 0 Å². The molecule has 2 amide bonds. The number of benzene rings is 2. The van der Waals surface area contributed by atoms with Crippen LogP contribution in [0, 0.1) is 0 Å². The van der Waals surface area contributed by atoms with Crippen LogP contribution in [0.1, 0.15) is 34.4 Å². The van der Waals surface area contributed by atoms with Gasteiger partial charge in [-0.05, 0) is 35.7 Å².